The van der Waals surface area contributed by atoms with Crippen LogP contribution in [0.4, 0.5) is 0 Å². The highest BCUT2D eigenvalue weighted by Gasteiger charge is 2.26. The van der Waals surface area contributed by atoms with Crippen LogP contribution < -0.4 is 5.32 Å². The minimum Gasteiger partial charge on any atom is -0.357 e. The van der Waals surface area contributed by atoms with Gasteiger partial charge < -0.3 is 10.2 Å². The van der Waals surface area contributed by atoms with Crippen molar-refractivity contribution in [2.24, 2.45) is 12.0 Å². The Morgan fingerprint density at radius 3 is 2.72 bits per heavy atom. The van der Waals surface area contributed by atoms with Gasteiger partial charge in [0.2, 0.25) is 0 Å². The molecule has 0 spiro atoms. The molecule has 6 nitrogen and oxygen atoms in total. The third-order valence-corrected chi connectivity index (χ3v) is 5.84. The van der Waals surface area contributed by atoms with Crippen LogP contribution in [0.2, 0.25) is 0 Å². The Labute approximate surface area is 175 Å². The van der Waals surface area contributed by atoms with Gasteiger partial charge in [-0.2, -0.15) is 5.10 Å². The fourth-order valence-electron chi connectivity index (χ4n) is 3.78. The lowest BCUT2D eigenvalue weighted by Crippen LogP contribution is -2.40. The largest absolute Gasteiger partial charge is 0.357 e. The molecular weight excluding hydrogens is 360 g/mol. The highest BCUT2D eigenvalue weighted by Crippen LogP contribution is 2.26. The number of nitrogens with one attached hydrogen (secondary N) is 1. The minimum absolute atomic E-state index is 0.526. The predicted octanol–water partition coefficient (Wildman–Crippen LogP) is 3.22. The monoisotopic (exact) mass is 396 g/mol. The second kappa shape index (κ2) is 9.92. The number of likely N-dealkylation sites (tertiary alicyclic amines) is 1. The van der Waals surface area contributed by atoms with E-state index in [-0.39, 0.29) is 0 Å². The zero-order valence-electron chi connectivity index (χ0n) is 18.6. The molecule has 0 amide bonds. The molecule has 1 aromatic carbocycles. The molecule has 1 aliphatic heterocycles. The molecule has 6 heteroatoms. The van der Waals surface area contributed by atoms with Crippen molar-refractivity contribution < 1.29 is 0 Å². The first-order valence-electron chi connectivity index (χ1n) is 10.8. The smallest absolute Gasteiger partial charge is 0.194 e. The van der Waals surface area contributed by atoms with Crippen LogP contribution in [0.15, 0.2) is 41.7 Å². The molecule has 1 fully saturated rings. The fourth-order valence-corrected chi connectivity index (χ4v) is 3.78. The van der Waals surface area contributed by atoms with Crippen LogP contribution in [-0.2, 0) is 20.1 Å². The lowest BCUT2D eigenvalue weighted by molar-refractivity contribution is 0.265. The number of aromatic nitrogens is 2. The third-order valence-electron chi connectivity index (χ3n) is 5.84. The van der Waals surface area contributed by atoms with Gasteiger partial charge in [-0.1, -0.05) is 24.3 Å². The number of guanidine groups is 1. The number of hydrogen-bond donors (Lipinski definition) is 1. The lowest BCUT2D eigenvalue weighted by Gasteiger charge is -2.23. The van der Waals surface area contributed by atoms with Crippen molar-refractivity contribution in [2.45, 2.75) is 52.2 Å². The number of nitrogens with zero attached hydrogens (tertiary/aromatic N) is 5. The van der Waals surface area contributed by atoms with Crippen LogP contribution in [0.1, 0.15) is 49.8 Å². The molecule has 1 atom stereocenters. The number of hydrogen-bond acceptors (Lipinski definition) is 3. The normalized spacial score (nSPS) is 17.6. The molecule has 0 aliphatic carbocycles. The standard InChI is InChI=1S/C23H36N6/c1-6-24-23(29-12-11-21(17-29)22-14-26-28(5)16-22)25-13-19-9-7-8-10-20(19)15-27(4)18(2)3/h7-10,14,16,18,21H,6,11-13,15,17H2,1-5H3,(H,24,25). The number of aryl methyl sites for hydroxylation is 1. The second-order valence-electron chi connectivity index (χ2n) is 8.33. The molecule has 158 valence electrons. The molecule has 0 bridgehead atoms. The van der Waals surface area contributed by atoms with Gasteiger partial charge in [-0.05, 0) is 50.9 Å². The average molecular weight is 397 g/mol. The van der Waals surface area contributed by atoms with Gasteiger partial charge in [0.1, 0.15) is 0 Å². The molecule has 0 radical (unpaired) electrons. The number of benzene rings is 1. The zero-order valence-corrected chi connectivity index (χ0v) is 18.6. The van der Waals surface area contributed by atoms with Gasteiger partial charge in [-0.15, -0.1) is 0 Å². The summed E-state index contributed by atoms with van der Waals surface area (Å²) >= 11 is 0. The van der Waals surface area contributed by atoms with E-state index in [2.05, 4.69) is 78.5 Å². The lowest BCUT2D eigenvalue weighted by atomic mass is 10.0. The Hall–Kier alpha value is -2.34. The average Bonchev–Trinajstić information content (AvgIpc) is 3.35. The van der Waals surface area contributed by atoms with E-state index in [0.29, 0.717) is 18.5 Å². The van der Waals surface area contributed by atoms with Gasteiger partial charge in [0, 0.05) is 51.4 Å². The molecule has 0 saturated carbocycles. The highest BCUT2D eigenvalue weighted by atomic mass is 15.3. The van der Waals surface area contributed by atoms with E-state index in [1.165, 1.54) is 16.7 Å². The third kappa shape index (κ3) is 5.60. The maximum atomic E-state index is 5.00. The minimum atomic E-state index is 0.526. The van der Waals surface area contributed by atoms with E-state index in [1.54, 1.807) is 0 Å². The molecule has 2 aromatic rings. The fraction of sp³-hybridized carbons (Fsp3) is 0.565. The summed E-state index contributed by atoms with van der Waals surface area (Å²) < 4.78 is 1.89. The van der Waals surface area contributed by atoms with Crippen molar-refractivity contribution in [1.29, 1.82) is 0 Å². The molecule has 1 saturated heterocycles. The van der Waals surface area contributed by atoms with Crippen molar-refractivity contribution in [3.63, 3.8) is 0 Å². The van der Waals surface area contributed by atoms with E-state index >= 15 is 0 Å². The Balaban J connectivity index is 1.70. The Kier molecular flexibility index (Phi) is 7.31. The number of aliphatic imine (C=N–C) groups is 1. The van der Waals surface area contributed by atoms with Gasteiger partial charge in [0.05, 0.1) is 12.7 Å². The van der Waals surface area contributed by atoms with E-state index in [1.807, 2.05) is 17.9 Å². The predicted molar refractivity (Wildman–Crippen MR) is 120 cm³/mol. The molecule has 1 aromatic heterocycles. The zero-order chi connectivity index (χ0) is 20.8. The summed E-state index contributed by atoms with van der Waals surface area (Å²) in [5.74, 6) is 1.55. The summed E-state index contributed by atoms with van der Waals surface area (Å²) in [5.41, 5.74) is 3.99. The number of rotatable bonds is 7. The highest BCUT2D eigenvalue weighted by molar-refractivity contribution is 5.80. The quantitative estimate of drug-likeness (QED) is 0.577. The first kappa shape index (κ1) is 21.4. The van der Waals surface area contributed by atoms with Gasteiger partial charge in [0.15, 0.2) is 5.96 Å². The summed E-state index contributed by atoms with van der Waals surface area (Å²) in [5, 5.41) is 7.83. The molecule has 3 rings (SSSR count). The van der Waals surface area contributed by atoms with Crippen molar-refractivity contribution in [3.8, 4) is 0 Å². The van der Waals surface area contributed by atoms with Crippen LogP contribution in [0.3, 0.4) is 0 Å². The van der Waals surface area contributed by atoms with Crippen molar-refractivity contribution in [1.82, 2.24) is 24.9 Å². The topological polar surface area (TPSA) is 48.7 Å². The van der Waals surface area contributed by atoms with Crippen LogP contribution in [0, 0.1) is 0 Å². The Morgan fingerprint density at radius 1 is 1.31 bits per heavy atom. The van der Waals surface area contributed by atoms with Crippen LogP contribution in [0.25, 0.3) is 0 Å². The molecule has 2 heterocycles. The Morgan fingerprint density at radius 2 is 2.07 bits per heavy atom. The summed E-state index contributed by atoms with van der Waals surface area (Å²) in [4.78, 5) is 9.76. The van der Waals surface area contributed by atoms with E-state index in [4.69, 9.17) is 4.99 Å². The van der Waals surface area contributed by atoms with Crippen molar-refractivity contribution in [2.75, 3.05) is 26.7 Å². The van der Waals surface area contributed by atoms with Crippen molar-refractivity contribution >= 4 is 5.96 Å². The molecule has 1 N–H and O–H groups in total. The second-order valence-corrected chi connectivity index (χ2v) is 8.33. The molecule has 1 aliphatic rings. The van der Waals surface area contributed by atoms with E-state index in [0.717, 1.165) is 38.6 Å². The van der Waals surface area contributed by atoms with Crippen molar-refractivity contribution in [3.05, 3.63) is 53.3 Å². The van der Waals surface area contributed by atoms with Gasteiger partial charge in [-0.25, -0.2) is 4.99 Å². The first-order valence-corrected chi connectivity index (χ1v) is 10.8. The van der Waals surface area contributed by atoms with Gasteiger partial charge in [-0.3, -0.25) is 9.58 Å². The molecule has 1 unspecified atom stereocenters. The van der Waals surface area contributed by atoms with Gasteiger partial charge in [0.25, 0.3) is 0 Å². The Bertz CT molecular complexity index is 809. The maximum Gasteiger partial charge on any atom is 0.194 e. The summed E-state index contributed by atoms with van der Waals surface area (Å²) in [6.07, 6.45) is 5.28. The van der Waals surface area contributed by atoms with Crippen LogP contribution >= 0.6 is 0 Å². The molecular formula is C23H36N6. The van der Waals surface area contributed by atoms with Gasteiger partial charge >= 0.3 is 0 Å². The summed E-state index contributed by atoms with van der Waals surface area (Å²) in [7, 11) is 4.16. The maximum absolute atomic E-state index is 5.00. The van der Waals surface area contributed by atoms with E-state index in [9.17, 15) is 0 Å². The first-order chi connectivity index (χ1) is 14.0. The molecule has 29 heavy (non-hydrogen) atoms. The van der Waals surface area contributed by atoms with E-state index < -0.39 is 0 Å². The van der Waals surface area contributed by atoms with Crippen LogP contribution in [0.5, 0.6) is 0 Å². The SMILES string of the molecule is CCNC(=NCc1ccccc1CN(C)C(C)C)N1CCC(c2cnn(C)c2)C1. The van der Waals surface area contributed by atoms with Crippen LogP contribution in [-0.4, -0.2) is 58.3 Å². The summed E-state index contributed by atoms with van der Waals surface area (Å²) in [6.45, 7) is 11.2. The summed E-state index contributed by atoms with van der Waals surface area (Å²) in [6, 6.07) is 9.20.